The van der Waals surface area contributed by atoms with Crippen LogP contribution in [-0.4, -0.2) is 61.9 Å². The second kappa shape index (κ2) is 8.28. The van der Waals surface area contributed by atoms with Crippen LogP contribution < -0.4 is 4.74 Å². The molecule has 1 N–H and O–H groups in total. The zero-order valence-electron chi connectivity index (χ0n) is 14.9. The van der Waals surface area contributed by atoms with Crippen molar-refractivity contribution in [2.45, 2.75) is 4.90 Å². The SMILES string of the molecule is COc1cc(C(=O)N2CCN(S(=O)(=O)c3ccc(Cl)cc3)CC2)cc(Br)c1O. The van der Waals surface area contributed by atoms with Crippen molar-refractivity contribution in [3.05, 3.63) is 51.5 Å². The quantitative estimate of drug-likeness (QED) is 0.713. The smallest absolute Gasteiger partial charge is 0.254 e. The molecule has 1 heterocycles. The van der Waals surface area contributed by atoms with Crippen molar-refractivity contribution in [1.29, 1.82) is 0 Å². The molecule has 0 spiro atoms. The van der Waals surface area contributed by atoms with Crippen LogP contribution in [-0.2, 0) is 10.0 Å². The Balaban J connectivity index is 1.72. The third kappa shape index (κ3) is 4.12. The maximum Gasteiger partial charge on any atom is 0.254 e. The van der Waals surface area contributed by atoms with Crippen LogP contribution in [0.4, 0.5) is 0 Å². The van der Waals surface area contributed by atoms with Gasteiger partial charge in [-0.3, -0.25) is 4.79 Å². The number of methoxy groups -OCH3 is 1. The minimum atomic E-state index is -3.64. The number of nitrogens with zero attached hydrogens (tertiary/aromatic N) is 2. The van der Waals surface area contributed by atoms with E-state index in [2.05, 4.69) is 15.9 Å². The lowest BCUT2D eigenvalue weighted by Gasteiger charge is -2.34. The molecule has 28 heavy (non-hydrogen) atoms. The van der Waals surface area contributed by atoms with Gasteiger partial charge in [0.2, 0.25) is 10.0 Å². The summed E-state index contributed by atoms with van der Waals surface area (Å²) in [6.45, 7) is 0.888. The van der Waals surface area contributed by atoms with Gasteiger partial charge in [-0.25, -0.2) is 8.42 Å². The van der Waals surface area contributed by atoms with E-state index >= 15 is 0 Å². The molecule has 0 radical (unpaired) electrons. The number of carbonyl (C=O) groups excluding carboxylic acids is 1. The minimum Gasteiger partial charge on any atom is -0.503 e. The Kier molecular flexibility index (Phi) is 6.18. The molecule has 0 aliphatic carbocycles. The minimum absolute atomic E-state index is 0.0853. The summed E-state index contributed by atoms with van der Waals surface area (Å²) in [5, 5.41) is 10.3. The Morgan fingerprint density at radius 2 is 1.75 bits per heavy atom. The number of rotatable bonds is 4. The van der Waals surface area contributed by atoms with Gasteiger partial charge in [0.05, 0.1) is 16.5 Å². The van der Waals surface area contributed by atoms with Crippen LogP contribution in [0.2, 0.25) is 5.02 Å². The molecule has 1 fully saturated rings. The third-order valence-corrected chi connectivity index (χ3v) is 7.24. The second-order valence-electron chi connectivity index (χ2n) is 6.16. The average molecular weight is 490 g/mol. The first-order chi connectivity index (χ1) is 13.2. The number of piperazine rings is 1. The topological polar surface area (TPSA) is 87.2 Å². The van der Waals surface area contributed by atoms with Crippen LogP contribution in [0.15, 0.2) is 45.8 Å². The maximum absolute atomic E-state index is 12.8. The van der Waals surface area contributed by atoms with Gasteiger partial charge in [0.1, 0.15) is 0 Å². The summed E-state index contributed by atoms with van der Waals surface area (Å²) in [6.07, 6.45) is 0. The van der Waals surface area contributed by atoms with E-state index in [1.165, 1.54) is 47.8 Å². The molecule has 1 amide bonds. The van der Waals surface area contributed by atoms with Crippen LogP contribution in [0.5, 0.6) is 11.5 Å². The molecule has 0 saturated carbocycles. The van der Waals surface area contributed by atoms with E-state index in [-0.39, 0.29) is 48.5 Å². The number of hydrogen-bond acceptors (Lipinski definition) is 5. The van der Waals surface area contributed by atoms with Crippen LogP contribution in [0.3, 0.4) is 0 Å². The monoisotopic (exact) mass is 488 g/mol. The first kappa shape index (κ1) is 20.9. The lowest BCUT2D eigenvalue weighted by molar-refractivity contribution is 0.0697. The average Bonchev–Trinajstić information content (AvgIpc) is 2.69. The van der Waals surface area contributed by atoms with Crippen LogP contribution in [0.25, 0.3) is 0 Å². The zero-order chi connectivity index (χ0) is 20.5. The molecule has 0 unspecified atom stereocenters. The highest BCUT2D eigenvalue weighted by atomic mass is 79.9. The number of carbonyl (C=O) groups is 1. The Morgan fingerprint density at radius 1 is 1.14 bits per heavy atom. The van der Waals surface area contributed by atoms with Crippen molar-refractivity contribution < 1.29 is 23.1 Å². The number of phenols is 1. The largest absolute Gasteiger partial charge is 0.503 e. The van der Waals surface area contributed by atoms with Crippen molar-refractivity contribution in [1.82, 2.24) is 9.21 Å². The van der Waals surface area contributed by atoms with E-state index in [1.54, 1.807) is 4.90 Å². The van der Waals surface area contributed by atoms with Gasteiger partial charge in [-0.15, -0.1) is 0 Å². The molecular formula is C18H18BrClN2O5S. The molecule has 3 rings (SSSR count). The lowest BCUT2D eigenvalue weighted by Crippen LogP contribution is -2.50. The number of benzene rings is 2. The van der Waals surface area contributed by atoms with Gasteiger partial charge in [0.15, 0.2) is 11.5 Å². The van der Waals surface area contributed by atoms with Gasteiger partial charge >= 0.3 is 0 Å². The summed E-state index contributed by atoms with van der Waals surface area (Å²) in [7, 11) is -2.24. The van der Waals surface area contributed by atoms with E-state index < -0.39 is 10.0 Å². The summed E-state index contributed by atoms with van der Waals surface area (Å²) in [6, 6.07) is 8.97. The van der Waals surface area contributed by atoms with Gasteiger partial charge in [-0.05, 0) is 52.3 Å². The highest BCUT2D eigenvalue weighted by Gasteiger charge is 2.30. The second-order valence-corrected chi connectivity index (χ2v) is 9.39. The Hall–Kier alpha value is -1.81. The number of aromatic hydroxyl groups is 1. The molecule has 7 nitrogen and oxygen atoms in total. The van der Waals surface area contributed by atoms with Crippen molar-refractivity contribution >= 4 is 43.5 Å². The maximum atomic E-state index is 12.8. The number of phenolic OH excluding ortho intramolecular Hbond substituents is 1. The Morgan fingerprint density at radius 3 is 2.32 bits per heavy atom. The van der Waals surface area contributed by atoms with Gasteiger partial charge in [-0.1, -0.05) is 11.6 Å². The summed E-state index contributed by atoms with van der Waals surface area (Å²) < 4.78 is 32.3. The fraction of sp³-hybridized carbons (Fsp3) is 0.278. The molecule has 2 aromatic rings. The fourth-order valence-electron chi connectivity index (χ4n) is 2.92. The van der Waals surface area contributed by atoms with E-state index in [0.29, 0.717) is 15.1 Å². The summed E-state index contributed by atoms with van der Waals surface area (Å²) in [5.74, 6) is -0.165. The summed E-state index contributed by atoms with van der Waals surface area (Å²) in [4.78, 5) is 14.5. The molecule has 1 aliphatic heterocycles. The van der Waals surface area contributed by atoms with E-state index in [4.69, 9.17) is 16.3 Å². The van der Waals surface area contributed by atoms with Gasteiger partial charge in [0.25, 0.3) is 5.91 Å². The lowest BCUT2D eigenvalue weighted by atomic mass is 10.1. The number of ether oxygens (including phenoxy) is 1. The van der Waals surface area contributed by atoms with Gasteiger partial charge < -0.3 is 14.7 Å². The summed E-state index contributed by atoms with van der Waals surface area (Å²) >= 11 is 9.02. The molecule has 10 heteroatoms. The first-order valence-corrected chi connectivity index (χ1v) is 11.0. The van der Waals surface area contributed by atoms with Crippen LogP contribution >= 0.6 is 27.5 Å². The number of halogens is 2. The standard InChI is InChI=1S/C18H18BrClN2O5S/c1-27-16-11-12(10-15(19)17(16)23)18(24)21-6-8-22(9-7-21)28(25,26)14-4-2-13(20)3-5-14/h2-5,10-11,23H,6-9H2,1H3. The van der Waals surface area contributed by atoms with Crippen LogP contribution in [0, 0.1) is 0 Å². The molecule has 150 valence electrons. The van der Waals surface area contributed by atoms with Gasteiger partial charge in [-0.2, -0.15) is 4.31 Å². The van der Waals surface area contributed by atoms with Crippen molar-refractivity contribution in [3.63, 3.8) is 0 Å². The van der Waals surface area contributed by atoms with E-state index in [1.807, 2.05) is 0 Å². The predicted molar refractivity (Wildman–Crippen MR) is 108 cm³/mol. The highest BCUT2D eigenvalue weighted by molar-refractivity contribution is 9.10. The fourth-order valence-corrected chi connectivity index (χ4v) is 4.91. The molecule has 2 aromatic carbocycles. The zero-order valence-corrected chi connectivity index (χ0v) is 18.1. The molecule has 0 aromatic heterocycles. The number of sulfonamides is 1. The molecule has 1 saturated heterocycles. The Bertz CT molecular complexity index is 990. The molecule has 0 bridgehead atoms. The highest BCUT2D eigenvalue weighted by Crippen LogP contribution is 2.35. The van der Waals surface area contributed by atoms with Gasteiger partial charge in [0, 0.05) is 36.8 Å². The molecular weight excluding hydrogens is 472 g/mol. The predicted octanol–water partition coefficient (Wildman–Crippen LogP) is 2.96. The summed E-state index contributed by atoms with van der Waals surface area (Å²) in [5.41, 5.74) is 0.343. The molecule has 0 atom stereocenters. The normalized spacial score (nSPS) is 15.5. The van der Waals surface area contributed by atoms with Crippen LogP contribution in [0.1, 0.15) is 10.4 Å². The van der Waals surface area contributed by atoms with Crippen molar-refractivity contribution in [3.8, 4) is 11.5 Å². The third-order valence-electron chi connectivity index (χ3n) is 4.47. The van der Waals surface area contributed by atoms with Crippen molar-refractivity contribution in [2.24, 2.45) is 0 Å². The van der Waals surface area contributed by atoms with E-state index in [0.717, 1.165) is 0 Å². The number of hydrogen-bond donors (Lipinski definition) is 1. The van der Waals surface area contributed by atoms with Crippen molar-refractivity contribution in [2.75, 3.05) is 33.3 Å². The first-order valence-electron chi connectivity index (χ1n) is 8.35. The molecule has 1 aliphatic rings. The Labute approximate surface area is 176 Å². The van der Waals surface area contributed by atoms with E-state index in [9.17, 15) is 18.3 Å². The number of amides is 1.